The Balaban J connectivity index is 1.55. The van der Waals surface area contributed by atoms with Crippen molar-refractivity contribution in [3.63, 3.8) is 0 Å². The van der Waals surface area contributed by atoms with Gasteiger partial charge in [-0.1, -0.05) is 60.7 Å². The summed E-state index contributed by atoms with van der Waals surface area (Å²) in [5.74, 6) is -0.991. The lowest BCUT2D eigenvalue weighted by Gasteiger charge is -2.20. The number of nitrogens with zero attached hydrogens (tertiary/aromatic N) is 1. The summed E-state index contributed by atoms with van der Waals surface area (Å²) in [6.07, 6.45) is 1.56. The fourth-order valence-corrected chi connectivity index (χ4v) is 3.71. The molecule has 1 heterocycles. The number of carbonyl (C=O) groups is 3. The van der Waals surface area contributed by atoms with Crippen LogP contribution in [-0.4, -0.2) is 29.7 Å². The van der Waals surface area contributed by atoms with Gasteiger partial charge in [-0.25, -0.2) is 0 Å². The topological polar surface area (TPSA) is 66.5 Å². The molecule has 5 heteroatoms. The van der Waals surface area contributed by atoms with Crippen LogP contribution < -0.4 is 5.32 Å². The van der Waals surface area contributed by atoms with Crippen molar-refractivity contribution < 1.29 is 14.4 Å². The first kappa shape index (κ1) is 19.6. The van der Waals surface area contributed by atoms with E-state index < -0.39 is 0 Å². The largest absolute Gasteiger partial charge is 0.345 e. The smallest absolute Gasteiger partial charge is 0.261 e. The highest BCUT2D eigenvalue weighted by atomic mass is 16.2. The molecule has 5 nitrogen and oxygen atoms in total. The van der Waals surface area contributed by atoms with E-state index in [2.05, 4.69) is 17.4 Å². The predicted octanol–water partition coefficient (Wildman–Crippen LogP) is 4.02. The molecule has 30 heavy (non-hydrogen) atoms. The van der Waals surface area contributed by atoms with E-state index in [9.17, 15) is 14.4 Å². The molecule has 3 aromatic rings. The van der Waals surface area contributed by atoms with Crippen LogP contribution >= 0.6 is 0 Å². The van der Waals surface area contributed by atoms with Crippen molar-refractivity contribution in [3.05, 3.63) is 107 Å². The number of fused-ring (bicyclic) bond motifs is 1. The normalized spacial score (nSPS) is 13.8. The Kier molecular flexibility index (Phi) is 5.44. The van der Waals surface area contributed by atoms with Gasteiger partial charge in [-0.05, 0) is 42.2 Å². The van der Waals surface area contributed by atoms with Crippen molar-refractivity contribution in [1.82, 2.24) is 10.2 Å². The number of nitrogens with one attached hydrogen (secondary N) is 1. The van der Waals surface area contributed by atoms with Crippen LogP contribution in [0.3, 0.4) is 0 Å². The van der Waals surface area contributed by atoms with Gasteiger partial charge in [0.25, 0.3) is 17.7 Å². The zero-order valence-electron chi connectivity index (χ0n) is 16.7. The van der Waals surface area contributed by atoms with Gasteiger partial charge in [0.15, 0.2) is 0 Å². The van der Waals surface area contributed by atoms with Crippen molar-refractivity contribution in [3.8, 4) is 0 Å². The van der Waals surface area contributed by atoms with E-state index in [-0.39, 0.29) is 29.3 Å². The summed E-state index contributed by atoms with van der Waals surface area (Å²) >= 11 is 0. The lowest BCUT2D eigenvalue weighted by atomic mass is 9.98. The number of amides is 3. The van der Waals surface area contributed by atoms with Gasteiger partial charge in [0.05, 0.1) is 17.2 Å². The third-order valence-corrected chi connectivity index (χ3v) is 5.42. The van der Waals surface area contributed by atoms with E-state index in [1.54, 1.807) is 12.1 Å². The number of carbonyl (C=O) groups excluding carboxylic acids is 3. The lowest BCUT2D eigenvalue weighted by molar-refractivity contribution is 0.0693. The summed E-state index contributed by atoms with van der Waals surface area (Å²) in [7, 11) is 1.44. The summed E-state index contributed by atoms with van der Waals surface area (Å²) in [6, 6.07) is 24.5. The molecular formula is C25H22N2O3. The zero-order valence-corrected chi connectivity index (χ0v) is 16.7. The molecule has 3 aromatic carbocycles. The van der Waals surface area contributed by atoms with E-state index in [1.807, 2.05) is 48.5 Å². The molecule has 4 rings (SSSR count). The second kappa shape index (κ2) is 8.33. The highest BCUT2D eigenvalue weighted by molar-refractivity contribution is 6.21. The monoisotopic (exact) mass is 398 g/mol. The number of hydrogen-bond donors (Lipinski definition) is 1. The molecule has 3 amide bonds. The Hall–Kier alpha value is -3.73. The Morgan fingerprint density at radius 2 is 1.50 bits per heavy atom. The van der Waals surface area contributed by atoms with Gasteiger partial charge in [0.1, 0.15) is 0 Å². The second-order valence-corrected chi connectivity index (χ2v) is 7.39. The zero-order chi connectivity index (χ0) is 21.1. The first-order chi connectivity index (χ1) is 14.5. The first-order valence-electron chi connectivity index (χ1n) is 9.91. The average Bonchev–Trinajstić information content (AvgIpc) is 3.01. The summed E-state index contributed by atoms with van der Waals surface area (Å²) < 4.78 is 0. The molecule has 0 unspecified atom stereocenters. The van der Waals surface area contributed by atoms with Gasteiger partial charge < -0.3 is 5.32 Å². The molecular weight excluding hydrogens is 376 g/mol. The average molecular weight is 398 g/mol. The minimum absolute atomic E-state index is 0.174. The van der Waals surface area contributed by atoms with Gasteiger partial charge in [0, 0.05) is 12.6 Å². The van der Waals surface area contributed by atoms with Gasteiger partial charge in [0.2, 0.25) is 0 Å². The van der Waals surface area contributed by atoms with Crippen LogP contribution in [0.15, 0.2) is 78.9 Å². The maximum atomic E-state index is 13.0. The fourth-order valence-electron chi connectivity index (χ4n) is 3.71. The van der Waals surface area contributed by atoms with E-state index >= 15 is 0 Å². The van der Waals surface area contributed by atoms with E-state index in [0.717, 1.165) is 23.3 Å². The fraction of sp³-hybridized carbons (Fsp3) is 0.160. The van der Waals surface area contributed by atoms with Crippen LogP contribution in [0.5, 0.6) is 0 Å². The third kappa shape index (κ3) is 3.87. The standard InChI is InChI=1S/C25H22N2O3/c1-27-24(29)20-14-13-19(16-21(20)25(27)30)23(28)26-22(18-10-6-3-7-11-18)15-12-17-8-4-2-5-9-17/h2-11,13-14,16,22H,12,15H2,1H3,(H,26,28)/t22-/m1/s1. The molecule has 0 spiro atoms. The molecule has 0 saturated carbocycles. The Bertz CT molecular complexity index is 1090. The minimum Gasteiger partial charge on any atom is -0.345 e. The maximum absolute atomic E-state index is 13.0. The summed E-state index contributed by atoms with van der Waals surface area (Å²) in [4.78, 5) is 38.4. The quantitative estimate of drug-likeness (QED) is 0.638. The summed E-state index contributed by atoms with van der Waals surface area (Å²) in [5, 5.41) is 3.10. The SMILES string of the molecule is CN1C(=O)c2ccc(C(=O)N[C@H](CCc3ccccc3)c3ccccc3)cc2C1=O. The van der Waals surface area contributed by atoms with Gasteiger partial charge in [-0.2, -0.15) is 0 Å². The molecule has 0 radical (unpaired) electrons. The summed E-state index contributed by atoms with van der Waals surface area (Å²) in [6.45, 7) is 0. The van der Waals surface area contributed by atoms with Crippen molar-refractivity contribution in [2.45, 2.75) is 18.9 Å². The molecule has 0 saturated heterocycles. The summed E-state index contributed by atoms with van der Waals surface area (Å²) in [5.41, 5.74) is 3.20. The van der Waals surface area contributed by atoms with E-state index in [4.69, 9.17) is 0 Å². The molecule has 0 bridgehead atoms. The van der Waals surface area contributed by atoms with Crippen LogP contribution in [0.2, 0.25) is 0 Å². The van der Waals surface area contributed by atoms with Crippen LogP contribution in [-0.2, 0) is 6.42 Å². The molecule has 0 aromatic heterocycles. The molecule has 0 fully saturated rings. The molecule has 1 atom stereocenters. The maximum Gasteiger partial charge on any atom is 0.261 e. The second-order valence-electron chi connectivity index (χ2n) is 7.39. The third-order valence-electron chi connectivity index (χ3n) is 5.42. The van der Waals surface area contributed by atoms with Gasteiger partial charge in [-0.15, -0.1) is 0 Å². The van der Waals surface area contributed by atoms with Gasteiger partial charge >= 0.3 is 0 Å². The molecule has 1 aliphatic heterocycles. The number of rotatable bonds is 6. The number of imide groups is 1. The highest BCUT2D eigenvalue weighted by Crippen LogP contribution is 2.24. The van der Waals surface area contributed by atoms with Crippen molar-refractivity contribution in [2.24, 2.45) is 0 Å². The predicted molar refractivity (Wildman–Crippen MR) is 114 cm³/mol. The number of benzene rings is 3. The molecule has 150 valence electrons. The lowest BCUT2D eigenvalue weighted by Crippen LogP contribution is -2.29. The Labute approximate surface area is 175 Å². The van der Waals surface area contributed by atoms with Crippen LogP contribution in [0.4, 0.5) is 0 Å². The van der Waals surface area contributed by atoms with Gasteiger partial charge in [-0.3, -0.25) is 19.3 Å². The van der Waals surface area contributed by atoms with E-state index in [1.165, 1.54) is 18.7 Å². The number of aryl methyl sites for hydroxylation is 1. The molecule has 1 aliphatic rings. The molecule has 0 aliphatic carbocycles. The minimum atomic E-state index is -0.381. The van der Waals surface area contributed by atoms with Crippen molar-refractivity contribution >= 4 is 17.7 Å². The van der Waals surface area contributed by atoms with Crippen molar-refractivity contribution in [1.29, 1.82) is 0 Å². The highest BCUT2D eigenvalue weighted by Gasteiger charge is 2.33. The van der Waals surface area contributed by atoms with Crippen LogP contribution in [0, 0.1) is 0 Å². The van der Waals surface area contributed by atoms with E-state index in [0.29, 0.717) is 11.1 Å². The van der Waals surface area contributed by atoms with Crippen LogP contribution in [0.1, 0.15) is 54.7 Å². The van der Waals surface area contributed by atoms with Crippen molar-refractivity contribution in [2.75, 3.05) is 7.05 Å². The number of hydrogen-bond acceptors (Lipinski definition) is 3. The molecule has 1 N–H and O–H groups in total. The first-order valence-corrected chi connectivity index (χ1v) is 9.91. The Morgan fingerprint density at radius 3 is 2.20 bits per heavy atom. The Morgan fingerprint density at radius 1 is 0.867 bits per heavy atom. The van der Waals surface area contributed by atoms with Crippen LogP contribution in [0.25, 0.3) is 0 Å².